The number of nitrogens with one attached hydrogen (secondary N) is 1. The van der Waals surface area contributed by atoms with Gasteiger partial charge in [-0.15, -0.1) is 0 Å². The Morgan fingerprint density at radius 2 is 2.00 bits per heavy atom. The second kappa shape index (κ2) is 5.86. The van der Waals surface area contributed by atoms with Crippen LogP contribution in [0.15, 0.2) is 0 Å². The largest absolute Gasteiger partial charge is 0.311 e. The molecule has 1 fully saturated rings. The maximum atomic E-state index is 3.59. The van der Waals surface area contributed by atoms with E-state index < -0.39 is 0 Å². The van der Waals surface area contributed by atoms with E-state index in [-0.39, 0.29) is 0 Å². The quantitative estimate of drug-likeness (QED) is 0.770. The first-order valence-electron chi connectivity index (χ1n) is 6.59. The van der Waals surface area contributed by atoms with E-state index in [4.69, 9.17) is 0 Å². The fourth-order valence-corrected chi connectivity index (χ4v) is 2.86. The van der Waals surface area contributed by atoms with Crippen molar-refractivity contribution >= 4 is 0 Å². The molecule has 2 nitrogen and oxygen atoms in total. The molecule has 1 aliphatic heterocycles. The number of hydrogen-bond donors (Lipinski definition) is 1. The molecule has 1 saturated heterocycles. The van der Waals surface area contributed by atoms with Gasteiger partial charge in [-0.3, -0.25) is 4.90 Å². The summed E-state index contributed by atoms with van der Waals surface area (Å²) in [6.07, 6.45) is 2.55. The standard InChI is InChI=1S/C13H28N2/c1-6-12-8-14-11(5)9-15(12)13(7-2)10(3)4/h10-14H,6-9H2,1-5H3. The Balaban J connectivity index is 2.68. The molecule has 90 valence electrons. The van der Waals surface area contributed by atoms with Crippen LogP contribution >= 0.6 is 0 Å². The predicted octanol–water partition coefficient (Wildman–Crippen LogP) is 2.49. The first kappa shape index (κ1) is 13.0. The van der Waals surface area contributed by atoms with Gasteiger partial charge in [-0.2, -0.15) is 0 Å². The van der Waals surface area contributed by atoms with Crippen molar-refractivity contribution in [2.45, 2.75) is 65.6 Å². The summed E-state index contributed by atoms with van der Waals surface area (Å²) in [5.74, 6) is 0.773. The molecule has 1 heterocycles. The molecule has 0 bridgehead atoms. The Bertz CT molecular complexity index is 179. The second-order valence-corrected chi connectivity index (χ2v) is 5.29. The number of rotatable bonds is 4. The van der Waals surface area contributed by atoms with Crippen molar-refractivity contribution in [1.29, 1.82) is 0 Å². The minimum Gasteiger partial charge on any atom is -0.311 e. The van der Waals surface area contributed by atoms with Crippen LogP contribution in [0, 0.1) is 5.92 Å². The van der Waals surface area contributed by atoms with E-state index in [2.05, 4.69) is 44.8 Å². The zero-order valence-electron chi connectivity index (χ0n) is 11.1. The maximum absolute atomic E-state index is 3.59. The first-order valence-corrected chi connectivity index (χ1v) is 6.59. The van der Waals surface area contributed by atoms with E-state index in [0.717, 1.165) is 18.0 Å². The third-order valence-electron chi connectivity index (χ3n) is 3.74. The zero-order valence-corrected chi connectivity index (χ0v) is 11.1. The third-order valence-corrected chi connectivity index (χ3v) is 3.74. The summed E-state index contributed by atoms with van der Waals surface area (Å²) in [4.78, 5) is 2.74. The summed E-state index contributed by atoms with van der Waals surface area (Å²) in [5, 5.41) is 3.59. The SMILES string of the molecule is CCC1CNC(C)CN1C(CC)C(C)C. The summed E-state index contributed by atoms with van der Waals surface area (Å²) >= 11 is 0. The van der Waals surface area contributed by atoms with Gasteiger partial charge in [0.15, 0.2) is 0 Å². The normalized spacial score (nSPS) is 30.8. The van der Waals surface area contributed by atoms with Crippen LogP contribution in [0.1, 0.15) is 47.5 Å². The fourth-order valence-electron chi connectivity index (χ4n) is 2.86. The highest BCUT2D eigenvalue weighted by atomic mass is 15.3. The molecule has 2 heteroatoms. The molecular weight excluding hydrogens is 184 g/mol. The minimum atomic E-state index is 0.653. The lowest BCUT2D eigenvalue weighted by Gasteiger charge is -2.45. The van der Waals surface area contributed by atoms with E-state index in [1.54, 1.807) is 0 Å². The minimum absolute atomic E-state index is 0.653. The van der Waals surface area contributed by atoms with Crippen molar-refractivity contribution in [3.05, 3.63) is 0 Å². The number of nitrogens with zero attached hydrogens (tertiary/aromatic N) is 1. The van der Waals surface area contributed by atoms with Gasteiger partial charge in [0, 0.05) is 31.2 Å². The molecule has 3 atom stereocenters. The molecule has 1 aliphatic rings. The molecule has 0 amide bonds. The van der Waals surface area contributed by atoms with Gasteiger partial charge in [0.2, 0.25) is 0 Å². The average molecular weight is 212 g/mol. The third kappa shape index (κ3) is 3.18. The molecular formula is C13H28N2. The molecule has 1 rings (SSSR count). The zero-order chi connectivity index (χ0) is 11.4. The number of piperazine rings is 1. The topological polar surface area (TPSA) is 15.3 Å². The monoisotopic (exact) mass is 212 g/mol. The molecule has 15 heavy (non-hydrogen) atoms. The van der Waals surface area contributed by atoms with Gasteiger partial charge in [0.25, 0.3) is 0 Å². The van der Waals surface area contributed by atoms with Crippen molar-refractivity contribution in [2.24, 2.45) is 5.92 Å². The van der Waals surface area contributed by atoms with Crippen molar-refractivity contribution in [2.75, 3.05) is 13.1 Å². The van der Waals surface area contributed by atoms with E-state index in [1.807, 2.05) is 0 Å². The molecule has 3 unspecified atom stereocenters. The van der Waals surface area contributed by atoms with Crippen molar-refractivity contribution in [3.63, 3.8) is 0 Å². The Kier molecular flexibility index (Phi) is 5.07. The van der Waals surface area contributed by atoms with Crippen LogP contribution in [0.2, 0.25) is 0 Å². The highest BCUT2D eigenvalue weighted by molar-refractivity contribution is 4.88. The lowest BCUT2D eigenvalue weighted by molar-refractivity contribution is 0.0574. The predicted molar refractivity (Wildman–Crippen MR) is 67.2 cm³/mol. The van der Waals surface area contributed by atoms with Crippen LogP contribution < -0.4 is 5.32 Å². The molecule has 0 aromatic heterocycles. The Labute approximate surface area is 95.4 Å². The smallest absolute Gasteiger partial charge is 0.0221 e. The van der Waals surface area contributed by atoms with Gasteiger partial charge in [-0.1, -0.05) is 27.7 Å². The van der Waals surface area contributed by atoms with E-state index >= 15 is 0 Å². The fraction of sp³-hybridized carbons (Fsp3) is 1.00. The van der Waals surface area contributed by atoms with Crippen LogP contribution in [-0.2, 0) is 0 Å². The Morgan fingerprint density at radius 3 is 2.47 bits per heavy atom. The van der Waals surface area contributed by atoms with Gasteiger partial charge >= 0.3 is 0 Å². The van der Waals surface area contributed by atoms with Crippen LogP contribution in [0.4, 0.5) is 0 Å². The van der Waals surface area contributed by atoms with E-state index in [1.165, 1.54) is 25.9 Å². The summed E-state index contributed by atoms with van der Waals surface area (Å²) in [6, 6.07) is 2.16. The molecule has 0 saturated carbocycles. The van der Waals surface area contributed by atoms with Crippen molar-refractivity contribution < 1.29 is 0 Å². The molecule has 0 spiro atoms. The molecule has 1 N–H and O–H groups in total. The Hall–Kier alpha value is -0.0800. The van der Waals surface area contributed by atoms with Gasteiger partial charge in [-0.25, -0.2) is 0 Å². The summed E-state index contributed by atoms with van der Waals surface area (Å²) in [5.41, 5.74) is 0. The summed E-state index contributed by atoms with van der Waals surface area (Å²) in [7, 11) is 0. The summed E-state index contributed by atoms with van der Waals surface area (Å²) < 4.78 is 0. The van der Waals surface area contributed by atoms with E-state index in [0.29, 0.717) is 6.04 Å². The maximum Gasteiger partial charge on any atom is 0.0221 e. The lowest BCUT2D eigenvalue weighted by atomic mass is 9.95. The van der Waals surface area contributed by atoms with Crippen LogP contribution in [0.3, 0.4) is 0 Å². The van der Waals surface area contributed by atoms with Crippen molar-refractivity contribution in [1.82, 2.24) is 10.2 Å². The van der Waals surface area contributed by atoms with Crippen molar-refractivity contribution in [3.8, 4) is 0 Å². The Morgan fingerprint density at radius 1 is 1.33 bits per heavy atom. The molecule has 0 aliphatic carbocycles. The summed E-state index contributed by atoms with van der Waals surface area (Å²) in [6.45, 7) is 14.0. The molecule has 0 radical (unpaired) electrons. The highest BCUT2D eigenvalue weighted by Gasteiger charge is 2.30. The van der Waals surface area contributed by atoms with E-state index in [9.17, 15) is 0 Å². The second-order valence-electron chi connectivity index (χ2n) is 5.29. The van der Waals surface area contributed by atoms with Crippen LogP contribution in [0.25, 0.3) is 0 Å². The van der Waals surface area contributed by atoms with Gasteiger partial charge in [0.05, 0.1) is 0 Å². The van der Waals surface area contributed by atoms with Gasteiger partial charge in [0.1, 0.15) is 0 Å². The lowest BCUT2D eigenvalue weighted by Crippen LogP contribution is -2.59. The van der Waals surface area contributed by atoms with Crippen LogP contribution in [-0.4, -0.2) is 36.1 Å². The highest BCUT2D eigenvalue weighted by Crippen LogP contribution is 2.21. The average Bonchev–Trinajstić information content (AvgIpc) is 2.18. The molecule has 0 aromatic rings. The number of hydrogen-bond acceptors (Lipinski definition) is 2. The first-order chi connectivity index (χ1) is 7.10. The van der Waals surface area contributed by atoms with Gasteiger partial charge < -0.3 is 5.32 Å². The van der Waals surface area contributed by atoms with Gasteiger partial charge in [-0.05, 0) is 25.7 Å². The molecule has 0 aromatic carbocycles. The van der Waals surface area contributed by atoms with Crippen LogP contribution in [0.5, 0.6) is 0 Å².